The largest absolute Gasteiger partial charge is 0.345 e. The first-order chi connectivity index (χ1) is 16.9. The van der Waals surface area contributed by atoms with Gasteiger partial charge in [-0.2, -0.15) is 0 Å². The number of carbonyl (C=O) groups is 1. The van der Waals surface area contributed by atoms with Crippen molar-refractivity contribution < 1.29 is 4.79 Å². The zero-order valence-electron chi connectivity index (χ0n) is 19.5. The van der Waals surface area contributed by atoms with E-state index in [-0.39, 0.29) is 28.0 Å². The summed E-state index contributed by atoms with van der Waals surface area (Å²) < 4.78 is 3.09. The fourth-order valence-corrected chi connectivity index (χ4v) is 4.19. The van der Waals surface area contributed by atoms with E-state index < -0.39 is 5.91 Å². The summed E-state index contributed by atoms with van der Waals surface area (Å²) >= 11 is 0. The molecule has 0 saturated heterocycles. The molecular formula is C28H25N5O2. The molecule has 0 spiro atoms. The average Bonchev–Trinajstić information content (AvgIpc) is 2.87. The Morgan fingerprint density at radius 2 is 1.74 bits per heavy atom. The van der Waals surface area contributed by atoms with Crippen molar-refractivity contribution >= 4 is 22.6 Å². The van der Waals surface area contributed by atoms with Gasteiger partial charge in [0.25, 0.3) is 11.5 Å². The highest BCUT2D eigenvalue weighted by Crippen LogP contribution is 2.15. The number of carbonyl (C=O) groups excluding carboxylic acids is 1. The molecule has 7 nitrogen and oxygen atoms in total. The smallest absolute Gasteiger partial charge is 0.267 e. The van der Waals surface area contributed by atoms with Crippen LogP contribution in [0.15, 0.2) is 89.9 Å². The predicted molar refractivity (Wildman–Crippen MR) is 135 cm³/mol. The molecule has 0 aliphatic rings. The van der Waals surface area contributed by atoms with Crippen LogP contribution in [0, 0.1) is 12.3 Å². The lowest BCUT2D eigenvalue weighted by Crippen LogP contribution is -2.36. The van der Waals surface area contributed by atoms with Crippen molar-refractivity contribution in [3.05, 3.63) is 123 Å². The first kappa shape index (κ1) is 22.3. The summed E-state index contributed by atoms with van der Waals surface area (Å²) in [4.78, 5) is 31.4. The van der Waals surface area contributed by atoms with Gasteiger partial charge in [-0.25, -0.2) is 4.98 Å². The minimum Gasteiger partial charge on any atom is -0.345 e. The molecule has 174 valence electrons. The molecule has 7 heteroatoms. The molecule has 2 aromatic carbocycles. The molecule has 0 fully saturated rings. The van der Waals surface area contributed by atoms with Crippen LogP contribution in [0.5, 0.6) is 0 Å². The van der Waals surface area contributed by atoms with Gasteiger partial charge >= 0.3 is 0 Å². The number of nitrogens with zero attached hydrogens (tertiary/aromatic N) is 3. The molecule has 0 aliphatic heterocycles. The first-order valence-corrected chi connectivity index (χ1v) is 11.4. The lowest BCUT2D eigenvalue weighted by atomic mass is 10.1. The molecule has 0 unspecified atom stereocenters. The van der Waals surface area contributed by atoms with E-state index in [0.717, 1.165) is 16.7 Å². The Hall–Kier alpha value is -4.52. The number of aryl methyl sites for hydroxylation is 1. The number of nitrogens with one attached hydrogen (secondary N) is 2. The molecule has 0 aliphatic carbocycles. The van der Waals surface area contributed by atoms with Crippen molar-refractivity contribution in [2.24, 2.45) is 0 Å². The number of fused-ring (bicyclic) bond motifs is 2. The lowest BCUT2D eigenvalue weighted by Gasteiger charge is -2.17. The fraction of sp³-hybridized carbons (Fsp3) is 0.143. The third kappa shape index (κ3) is 4.24. The van der Waals surface area contributed by atoms with Crippen molar-refractivity contribution in [2.75, 3.05) is 0 Å². The number of hydrogen-bond donors (Lipinski definition) is 2. The zero-order valence-corrected chi connectivity index (χ0v) is 19.5. The minimum absolute atomic E-state index is 0.00279. The van der Waals surface area contributed by atoms with E-state index in [1.54, 1.807) is 22.9 Å². The monoisotopic (exact) mass is 463 g/mol. The molecule has 3 heterocycles. The quantitative estimate of drug-likeness (QED) is 0.386. The molecule has 1 atom stereocenters. The zero-order chi connectivity index (χ0) is 24.5. The van der Waals surface area contributed by atoms with Crippen LogP contribution in [-0.2, 0) is 6.54 Å². The Labute approximate surface area is 201 Å². The molecule has 5 aromatic rings. The van der Waals surface area contributed by atoms with Gasteiger partial charge in [0.2, 0.25) is 0 Å². The van der Waals surface area contributed by atoms with Gasteiger partial charge in [-0.1, -0.05) is 66.2 Å². The standard InChI is InChI=1S/C28H25N5O2/c1-18-11-13-20(14-12-18)17-33-25(29)22(27(34)30-19(2)21-8-4-3-5-9-21)16-23-26(33)31-24-10-6-7-15-32(24)28(23)35/h3-16,19,29H,17H2,1-2H3,(H,30,34)/t19-/m0/s1. The van der Waals surface area contributed by atoms with Crippen LogP contribution in [0.2, 0.25) is 0 Å². The first-order valence-electron chi connectivity index (χ1n) is 11.4. The van der Waals surface area contributed by atoms with E-state index in [1.807, 2.05) is 74.5 Å². The van der Waals surface area contributed by atoms with Gasteiger partial charge in [0.1, 0.15) is 16.8 Å². The molecule has 3 aromatic heterocycles. The second-order valence-corrected chi connectivity index (χ2v) is 8.67. The molecular weight excluding hydrogens is 438 g/mol. The molecule has 1 amide bonds. The number of benzene rings is 2. The highest BCUT2D eigenvalue weighted by atomic mass is 16.2. The third-order valence-electron chi connectivity index (χ3n) is 6.17. The van der Waals surface area contributed by atoms with Gasteiger partial charge in [0.15, 0.2) is 0 Å². The number of aromatic nitrogens is 3. The predicted octanol–water partition coefficient (Wildman–Crippen LogP) is 3.98. The second kappa shape index (κ2) is 9.02. The summed E-state index contributed by atoms with van der Waals surface area (Å²) in [6.45, 7) is 4.21. The van der Waals surface area contributed by atoms with Crippen LogP contribution in [-0.4, -0.2) is 19.9 Å². The van der Waals surface area contributed by atoms with E-state index in [4.69, 9.17) is 10.4 Å². The third-order valence-corrected chi connectivity index (χ3v) is 6.17. The minimum atomic E-state index is -0.413. The SMILES string of the molecule is Cc1ccc(Cn2c(=N)c(C(=O)N[C@@H](C)c3ccccc3)cc3c(=O)n4ccccc4nc32)cc1. The number of pyridine rings is 2. The molecule has 35 heavy (non-hydrogen) atoms. The Morgan fingerprint density at radius 1 is 1.03 bits per heavy atom. The molecule has 5 rings (SSSR count). The topological polar surface area (TPSA) is 92.2 Å². The van der Waals surface area contributed by atoms with Crippen molar-refractivity contribution in [1.29, 1.82) is 5.41 Å². The van der Waals surface area contributed by atoms with Gasteiger partial charge in [-0.15, -0.1) is 0 Å². The summed E-state index contributed by atoms with van der Waals surface area (Å²) in [6, 6.07) is 24.1. The van der Waals surface area contributed by atoms with Gasteiger partial charge in [-0.3, -0.25) is 19.4 Å². The van der Waals surface area contributed by atoms with E-state index in [1.165, 1.54) is 10.5 Å². The van der Waals surface area contributed by atoms with Crippen LogP contribution in [0.1, 0.15) is 40.0 Å². The summed E-state index contributed by atoms with van der Waals surface area (Å²) in [5.74, 6) is -0.413. The Kier molecular flexibility index (Phi) is 5.74. The van der Waals surface area contributed by atoms with Crippen molar-refractivity contribution in [2.45, 2.75) is 26.4 Å². The number of hydrogen-bond acceptors (Lipinski definition) is 4. The van der Waals surface area contributed by atoms with Crippen molar-refractivity contribution in [3.63, 3.8) is 0 Å². The maximum Gasteiger partial charge on any atom is 0.267 e. The van der Waals surface area contributed by atoms with Gasteiger partial charge in [0.05, 0.1) is 23.5 Å². The Bertz CT molecular complexity index is 1670. The summed E-state index contributed by atoms with van der Waals surface area (Å²) in [7, 11) is 0. The van der Waals surface area contributed by atoms with E-state index in [0.29, 0.717) is 17.8 Å². The molecule has 2 N–H and O–H groups in total. The summed E-state index contributed by atoms with van der Waals surface area (Å²) in [6.07, 6.45) is 1.65. The highest BCUT2D eigenvalue weighted by Gasteiger charge is 2.19. The maximum atomic E-state index is 13.4. The van der Waals surface area contributed by atoms with Crippen LogP contribution in [0.3, 0.4) is 0 Å². The van der Waals surface area contributed by atoms with Gasteiger partial charge < -0.3 is 9.88 Å². The lowest BCUT2D eigenvalue weighted by molar-refractivity contribution is 0.0937. The molecule has 0 bridgehead atoms. The number of amides is 1. The normalized spacial score (nSPS) is 12.1. The second-order valence-electron chi connectivity index (χ2n) is 8.67. The fourth-order valence-electron chi connectivity index (χ4n) is 4.19. The Morgan fingerprint density at radius 3 is 2.49 bits per heavy atom. The van der Waals surface area contributed by atoms with Crippen LogP contribution in [0.4, 0.5) is 0 Å². The maximum absolute atomic E-state index is 13.4. The van der Waals surface area contributed by atoms with Crippen molar-refractivity contribution in [1.82, 2.24) is 19.3 Å². The van der Waals surface area contributed by atoms with E-state index in [9.17, 15) is 9.59 Å². The average molecular weight is 464 g/mol. The van der Waals surface area contributed by atoms with Gasteiger partial charge in [0, 0.05) is 6.20 Å². The van der Waals surface area contributed by atoms with Crippen LogP contribution in [0.25, 0.3) is 16.7 Å². The Balaban J connectivity index is 1.68. The molecule has 0 saturated carbocycles. The summed E-state index contributed by atoms with van der Waals surface area (Å²) in [5.41, 5.74) is 3.73. The van der Waals surface area contributed by atoms with Crippen LogP contribution < -0.4 is 16.4 Å². The van der Waals surface area contributed by atoms with E-state index in [2.05, 4.69) is 5.32 Å². The van der Waals surface area contributed by atoms with Gasteiger partial charge in [-0.05, 0) is 43.2 Å². The summed E-state index contributed by atoms with van der Waals surface area (Å²) in [5, 5.41) is 12.2. The molecule has 0 radical (unpaired) electrons. The van der Waals surface area contributed by atoms with E-state index >= 15 is 0 Å². The van der Waals surface area contributed by atoms with Crippen LogP contribution >= 0.6 is 0 Å². The highest BCUT2D eigenvalue weighted by molar-refractivity contribution is 5.97. The number of rotatable bonds is 5. The van der Waals surface area contributed by atoms with Crippen molar-refractivity contribution in [3.8, 4) is 0 Å².